The van der Waals surface area contributed by atoms with E-state index in [-0.39, 0.29) is 6.42 Å². The van der Waals surface area contributed by atoms with E-state index in [2.05, 4.69) is 54.6 Å². The van der Waals surface area contributed by atoms with E-state index in [4.69, 9.17) is 5.11 Å². The van der Waals surface area contributed by atoms with Gasteiger partial charge in [-0.15, -0.1) is 11.8 Å². The zero-order valence-corrected chi connectivity index (χ0v) is 13.3. The van der Waals surface area contributed by atoms with Crippen LogP contribution in [0.4, 0.5) is 0 Å². The summed E-state index contributed by atoms with van der Waals surface area (Å²) in [5.41, 5.74) is 2.48. The second kappa shape index (κ2) is 9.11. The number of carbonyl (C=O) groups is 1. The molecular weight excluding hydrogens is 292 g/mol. The van der Waals surface area contributed by atoms with Crippen LogP contribution in [0.15, 0.2) is 65.6 Å². The first-order valence-electron chi connectivity index (χ1n) is 7.39. The Morgan fingerprint density at radius 1 is 1.09 bits per heavy atom. The Labute approximate surface area is 135 Å². The SMILES string of the molecule is O=C(O)CCCC=Cc1cccc(SCc2ccccc2)c1. The quantitative estimate of drug-likeness (QED) is 0.534. The van der Waals surface area contributed by atoms with Crippen LogP contribution in [-0.2, 0) is 10.5 Å². The molecule has 0 saturated carbocycles. The fourth-order valence-electron chi connectivity index (χ4n) is 2.04. The molecular formula is C19H20O2S. The molecule has 3 heteroatoms. The molecule has 0 spiro atoms. The smallest absolute Gasteiger partial charge is 0.303 e. The highest BCUT2D eigenvalue weighted by Crippen LogP contribution is 2.24. The lowest BCUT2D eigenvalue weighted by Crippen LogP contribution is -1.92. The van der Waals surface area contributed by atoms with Crippen LogP contribution in [0.1, 0.15) is 30.4 Å². The van der Waals surface area contributed by atoms with Crippen molar-refractivity contribution in [3.63, 3.8) is 0 Å². The van der Waals surface area contributed by atoms with Crippen LogP contribution in [0.3, 0.4) is 0 Å². The molecule has 0 aromatic heterocycles. The molecule has 2 aromatic rings. The number of hydrogen-bond donors (Lipinski definition) is 1. The molecule has 0 amide bonds. The normalized spacial score (nSPS) is 10.9. The second-order valence-corrected chi connectivity index (χ2v) is 6.08. The van der Waals surface area contributed by atoms with Crippen molar-refractivity contribution >= 4 is 23.8 Å². The van der Waals surface area contributed by atoms with E-state index in [0.29, 0.717) is 6.42 Å². The Bertz CT molecular complexity index is 620. The number of allylic oxidation sites excluding steroid dienone is 1. The Kier molecular flexibility index (Phi) is 6.78. The summed E-state index contributed by atoms with van der Waals surface area (Å²) in [6, 6.07) is 18.8. The van der Waals surface area contributed by atoms with Gasteiger partial charge in [0.25, 0.3) is 0 Å². The summed E-state index contributed by atoms with van der Waals surface area (Å²) >= 11 is 1.82. The molecule has 1 N–H and O–H groups in total. The van der Waals surface area contributed by atoms with Gasteiger partial charge in [0, 0.05) is 17.1 Å². The lowest BCUT2D eigenvalue weighted by molar-refractivity contribution is -0.137. The minimum atomic E-state index is -0.729. The standard InChI is InChI=1S/C19H20O2S/c20-19(21)13-6-2-3-8-16-11-7-12-18(14-16)22-15-17-9-4-1-5-10-17/h1,3-5,7-12,14H,2,6,13,15H2,(H,20,21). The number of carboxylic acids is 1. The fraction of sp³-hybridized carbons (Fsp3) is 0.211. The number of carboxylic acid groups (broad SMARTS) is 1. The molecule has 0 radical (unpaired) electrons. The lowest BCUT2D eigenvalue weighted by Gasteiger charge is -2.03. The van der Waals surface area contributed by atoms with Crippen molar-refractivity contribution in [1.82, 2.24) is 0 Å². The Morgan fingerprint density at radius 3 is 2.68 bits per heavy atom. The van der Waals surface area contributed by atoms with Gasteiger partial charge in [-0.3, -0.25) is 4.79 Å². The van der Waals surface area contributed by atoms with Gasteiger partial charge >= 0.3 is 5.97 Å². The summed E-state index contributed by atoms with van der Waals surface area (Å²) in [6.45, 7) is 0. The van der Waals surface area contributed by atoms with E-state index in [0.717, 1.165) is 17.7 Å². The molecule has 0 unspecified atom stereocenters. The highest BCUT2D eigenvalue weighted by Gasteiger charge is 1.97. The van der Waals surface area contributed by atoms with Gasteiger partial charge in [-0.1, -0.05) is 54.6 Å². The molecule has 22 heavy (non-hydrogen) atoms. The van der Waals surface area contributed by atoms with Gasteiger partial charge in [0.1, 0.15) is 0 Å². The zero-order chi connectivity index (χ0) is 15.6. The molecule has 0 saturated heterocycles. The van der Waals surface area contributed by atoms with E-state index in [1.54, 1.807) is 0 Å². The third-order valence-electron chi connectivity index (χ3n) is 3.18. The Morgan fingerprint density at radius 2 is 1.91 bits per heavy atom. The maximum atomic E-state index is 10.4. The van der Waals surface area contributed by atoms with Crippen LogP contribution in [0.2, 0.25) is 0 Å². The van der Waals surface area contributed by atoms with Gasteiger partial charge in [0.15, 0.2) is 0 Å². The summed E-state index contributed by atoms with van der Waals surface area (Å²) < 4.78 is 0. The molecule has 2 aromatic carbocycles. The van der Waals surface area contributed by atoms with Gasteiger partial charge < -0.3 is 5.11 Å². The average molecular weight is 312 g/mol. The summed E-state index contributed by atoms with van der Waals surface area (Å²) in [6.07, 6.45) is 5.83. The third kappa shape index (κ3) is 6.19. The number of thioether (sulfide) groups is 1. The van der Waals surface area contributed by atoms with Crippen molar-refractivity contribution in [3.8, 4) is 0 Å². The molecule has 114 valence electrons. The summed E-state index contributed by atoms with van der Waals surface area (Å²) in [4.78, 5) is 11.7. The van der Waals surface area contributed by atoms with Crippen molar-refractivity contribution in [2.24, 2.45) is 0 Å². The van der Waals surface area contributed by atoms with Crippen LogP contribution in [0, 0.1) is 0 Å². The highest BCUT2D eigenvalue weighted by atomic mass is 32.2. The van der Waals surface area contributed by atoms with Crippen molar-refractivity contribution < 1.29 is 9.90 Å². The maximum Gasteiger partial charge on any atom is 0.303 e. The summed E-state index contributed by atoms with van der Waals surface area (Å²) in [5.74, 6) is 0.236. The van der Waals surface area contributed by atoms with Crippen molar-refractivity contribution in [2.45, 2.75) is 29.9 Å². The summed E-state index contributed by atoms with van der Waals surface area (Å²) in [5, 5.41) is 8.59. The largest absolute Gasteiger partial charge is 0.481 e. The van der Waals surface area contributed by atoms with Crippen LogP contribution < -0.4 is 0 Å². The minimum absolute atomic E-state index is 0.233. The molecule has 0 bridgehead atoms. The molecule has 2 nitrogen and oxygen atoms in total. The Hall–Kier alpha value is -2.00. The minimum Gasteiger partial charge on any atom is -0.481 e. The number of unbranched alkanes of at least 4 members (excludes halogenated alkanes) is 1. The van der Waals surface area contributed by atoms with E-state index in [1.165, 1.54) is 10.5 Å². The second-order valence-electron chi connectivity index (χ2n) is 5.04. The predicted molar refractivity (Wildman–Crippen MR) is 93.0 cm³/mol. The van der Waals surface area contributed by atoms with E-state index in [1.807, 2.05) is 23.9 Å². The van der Waals surface area contributed by atoms with Crippen LogP contribution in [0.5, 0.6) is 0 Å². The van der Waals surface area contributed by atoms with Crippen LogP contribution >= 0.6 is 11.8 Å². The molecule has 0 fully saturated rings. The monoisotopic (exact) mass is 312 g/mol. The van der Waals surface area contributed by atoms with E-state index < -0.39 is 5.97 Å². The molecule has 0 aliphatic carbocycles. The molecule has 0 atom stereocenters. The lowest BCUT2D eigenvalue weighted by atomic mass is 10.1. The topological polar surface area (TPSA) is 37.3 Å². The van der Waals surface area contributed by atoms with Gasteiger partial charge in [-0.2, -0.15) is 0 Å². The molecule has 0 aliphatic heterocycles. The van der Waals surface area contributed by atoms with Crippen LogP contribution in [0.25, 0.3) is 6.08 Å². The average Bonchev–Trinajstić information content (AvgIpc) is 2.54. The van der Waals surface area contributed by atoms with Gasteiger partial charge in [0.05, 0.1) is 0 Å². The maximum absolute atomic E-state index is 10.4. The first-order valence-corrected chi connectivity index (χ1v) is 8.38. The number of rotatable bonds is 8. The fourth-order valence-corrected chi connectivity index (χ4v) is 2.96. The van der Waals surface area contributed by atoms with E-state index >= 15 is 0 Å². The summed E-state index contributed by atoms with van der Waals surface area (Å²) in [7, 11) is 0. The Balaban J connectivity index is 1.84. The first-order chi connectivity index (χ1) is 10.7. The van der Waals surface area contributed by atoms with Crippen molar-refractivity contribution in [2.75, 3.05) is 0 Å². The van der Waals surface area contributed by atoms with Gasteiger partial charge in [-0.25, -0.2) is 0 Å². The highest BCUT2D eigenvalue weighted by molar-refractivity contribution is 7.98. The van der Waals surface area contributed by atoms with Gasteiger partial charge in [0.2, 0.25) is 0 Å². The van der Waals surface area contributed by atoms with Crippen LogP contribution in [-0.4, -0.2) is 11.1 Å². The van der Waals surface area contributed by atoms with E-state index in [9.17, 15) is 4.79 Å². The number of benzene rings is 2. The molecule has 0 heterocycles. The first kappa shape index (κ1) is 16.4. The van der Waals surface area contributed by atoms with Crippen molar-refractivity contribution in [3.05, 3.63) is 71.8 Å². The molecule has 0 aliphatic rings. The molecule has 2 rings (SSSR count). The zero-order valence-electron chi connectivity index (χ0n) is 12.4. The third-order valence-corrected chi connectivity index (χ3v) is 4.24. The number of aliphatic carboxylic acids is 1. The number of hydrogen-bond acceptors (Lipinski definition) is 2. The van der Waals surface area contributed by atoms with Gasteiger partial charge in [-0.05, 0) is 36.1 Å². The van der Waals surface area contributed by atoms with Crippen molar-refractivity contribution in [1.29, 1.82) is 0 Å². The predicted octanol–water partition coefficient (Wildman–Crippen LogP) is 5.25.